The Hall–Kier alpha value is -1.78. The van der Waals surface area contributed by atoms with Crippen LogP contribution in [0.5, 0.6) is 0 Å². The van der Waals surface area contributed by atoms with Gasteiger partial charge in [0.05, 0.1) is 15.8 Å². The quantitative estimate of drug-likeness (QED) is 0.811. The van der Waals surface area contributed by atoms with Crippen molar-refractivity contribution < 1.29 is 17.7 Å². The highest BCUT2D eigenvalue weighted by atomic mass is 32.2. The van der Waals surface area contributed by atoms with Crippen molar-refractivity contribution in [2.24, 2.45) is 0 Å². The first-order valence-corrected chi connectivity index (χ1v) is 9.27. The van der Waals surface area contributed by atoms with Crippen LogP contribution in [0.25, 0.3) is 0 Å². The molecule has 0 bridgehead atoms. The predicted octanol–water partition coefficient (Wildman–Crippen LogP) is 1.65. The normalized spacial score (nSPS) is 13.3. The van der Waals surface area contributed by atoms with E-state index in [1.165, 1.54) is 18.5 Å². The standard InChI is InChI=1S/C13H18N4O4S2/c1-7(2)11-15-13(21-16-11)8(3)17-23(19,20)9-5-10(22-6-9)12(18)14-4/h5-8,17H,1-4H3,(H,14,18)/t8-/m1/s1. The second-order valence-corrected chi connectivity index (χ2v) is 7.84. The molecule has 0 fully saturated rings. The molecule has 0 unspecified atom stereocenters. The van der Waals surface area contributed by atoms with Crippen LogP contribution in [-0.2, 0) is 10.0 Å². The lowest BCUT2D eigenvalue weighted by Crippen LogP contribution is -2.27. The average molecular weight is 358 g/mol. The molecule has 23 heavy (non-hydrogen) atoms. The van der Waals surface area contributed by atoms with Crippen molar-refractivity contribution in [3.63, 3.8) is 0 Å². The van der Waals surface area contributed by atoms with Crippen LogP contribution in [0, 0.1) is 0 Å². The van der Waals surface area contributed by atoms with Crippen molar-refractivity contribution in [2.75, 3.05) is 7.05 Å². The van der Waals surface area contributed by atoms with Crippen LogP contribution in [0.15, 0.2) is 20.9 Å². The maximum atomic E-state index is 12.4. The number of carbonyl (C=O) groups is 1. The third-order valence-corrected chi connectivity index (χ3v) is 5.61. The van der Waals surface area contributed by atoms with Gasteiger partial charge in [-0.25, -0.2) is 8.42 Å². The number of hydrogen-bond acceptors (Lipinski definition) is 7. The molecule has 1 amide bonds. The summed E-state index contributed by atoms with van der Waals surface area (Å²) in [5, 5.41) is 7.66. The van der Waals surface area contributed by atoms with E-state index in [1.807, 2.05) is 13.8 Å². The van der Waals surface area contributed by atoms with Crippen molar-refractivity contribution >= 4 is 27.3 Å². The molecule has 0 aliphatic heterocycles. The Morgan fingerprint density at radius 2 is 2.04 bits per heavy atom. The number of sulfonamides is 1. The fraction of sp³-hybridized carbons (Fsp3) is 0.462. The first kappa shape index (κ1) is 17.6. The van der Waals surface area contributed by atoms with Gasteiger partial charge in [-0.1, -0.05) is 19.0 Å². The van der Waals surface area contributed by atoms with Gasteiger partial charge in [0.2, 0.25) is 15.9 Å². The van der Waals surface area contributed by atoms with Crippen molar-refractivity contribution in [2.45, 2.75) is 37.6 Å². The van der Waals surface area contributed by atoms with Gasteiger partial charge in [0.1, 0.15) is 0 Å². The van der Waals surface area contributed by atoms with Crippen LogP contribution < -0.4 is 10.0 Å². The molecule has 0 saturated carbocycles. The summed E-state index contributed by atoms with van der Waals surface area (Å²) in [7, 11) is -2.30. The van der Waals surface area contributed by atoms with Gasteiger partial charge in [0.25, 0.3) is 5.91 Å². The van der Waals surface area contributed by atoms with Gasteiger partial charge in [-0.15, -0.1) is 11.3 Å². The summed E-state index contributed by atoms with van der Waals surface area (Å²) < 4.78 is 32.3. The van der Waals surface area contributed by atoms with Gasteiger partial charge in [0, 0.05) is 18.3 Å². The van der Waals surface area contributed by atoms with E-state index in [2.05, 4.69) is 20.2 Å². The van der Waals surface area contributed by atoms with E-state index in [0.29, 0.717) is 10.7 Å². The Bertz CT molecular complexity index is 795. The molecule has 0 aromatic carbocycles. The summed E-state index contributed by atoms with van der Waals surface area (Å²) >= 11 is 1.06. The Morgan fingerprint density at radius 3 is 2.61 bits per heavy atom. The third-order valence-electron chi connectivity index (χ3n) is 3.01. The topological polar surface area (TPSA) is 114 Å². The van der Waals surface area contributed by atoms with Gasteiger partial charge >= 0.3 is 0 Å². The van der Waals surface area contributed by atoms with Crippen LogP contribution in [-0.4, -0.2) is 31.5 Å². The zero-order valence-corrected chi connectivity index (χ0v) is 14.8. The molecule has 0 aliphatic rings. The largest absolute Gasteiger partial charge is 0.354 e. The fourth-order valence-electron chi connectivity index (χ4n) is 1.71. The van der Waals surface area contributed by atoms with E-state index >= 15 is 0 Å². The minimum atomic E-state index is -3.79. The summed E-state index contributed by atoms with van der Waals surface area (Å²) in [5.41, 5.74) is 0. The molecule has 0 saturated heterocycles. The molecule has 0 spiro atoms. The molecule has 1 atom stereocenters. The molecule has 10 heteroatoms. The number of rotatable bonds is 6. The van der Waals surface area contributed by atoms with Crippen molar-refractivity contribution in [1.29, 1.82) is 0 Å². The maximum Gasteiger partial charge on any atom is 0.261 e. The first-order valence-electron chi connectivity index (χ1n) is 6.91. The average Bonchev–Trinajstić information content (AvgIpc) is 3.15. The Labute approximate surface area is 138 Å². The second-order valence-electron chi connectivity index (χ2n) is 5.21. The molecule has 126 valence electrons. The van der Waals surface area contributed by atoms with Gasteiger partial charge in [-0.2, -0.15) is 9.71 Å². The highest BCUT2D eigenvalue weighted by Crippen LogP contribution is 2.22. The minimum Gasteiger partial charge on any atom is -0.354 e. The molecular formula is C13H18N4O4S2. The maximum absolute atomic E-state index is 12.4. The molecule has 2 N–H and O–H groups in total. The molecular weight excluding hydrogens is 340 g/mol. The summed E-state index contributed by atoms with van der Waals surface area (Å²) in [6, 6.07) is 0.648. The molecule has 8 nitrogen and oxygen atoms in total. The zero-order valence-electron chi connectivity index (χ0n) is 13.2. The highest BCUT2D eigenvalue weighted by Gasteiger charge is 2.24. The molecule has 0 radical (unpaired) electrons. The van der Waals surface area contributed by atoms with E-state index in [-0.39, 0.29) is 22.6 Å². The SMILES string of the molecule is CNC(=O)c1cc(S(=O)(=O)N[C@H](C)c2nc(C(C)C)no2)cs1. The number of carbonyl (C=O) groups excluding carboxylic acids is 1. The van der Waals surface area contributed by atoms with Crippen molar-refractivity contribution in [3.8, 4) is 0 Å². The number of nitrogens with one attached hydrogen (secondary N) is 2. The van der Waals surface area contributed by atoms with Gasteiger partial charge in [-0.05, 0) is 13.0 Å². The smallest absolute Gasteiger partial charge is 0.261 e. The minimum absolute atomic E-state index is 0.0246. The summed E-state index contributed by atoms with van der Waals surface area (Å²) in [6.07, 6.45) is 0. The van der Waals surface area contributed by atoms with Gasteiger partial charge in [-0.3, -0.25) is 4.79 Å². The number of hydrogen-bond donors (Lipinski definition) is 2. The van der Waals surface area contributed by atoms with Crippen LogP contribution >= 0.6 is 11.3 Å². The van der Waals surface area contributed by atoms with Crippen molar-refractivity contribution in [1.82, 2.24) is 20.2 Å². The summed E-state index contributed by atoms with van der Waals surface area (Å²) in [5.74, 6) is 0.466. The molecule has 2 aromatic heterocycles. The van der Waals surface area contributed by atoms with E-state index in [9.17, 15) is 13.2 Å². The Kier molecular flexibility index (Phi) is 5.17. The predicted molar refractivity (Wildman–Crippen MR) is 84.8 cm³/mol. The summed E-state index contributed by atoms with van der Waals surface area (Å²) in [6.45, 7) is 5.44. The molecule has 2 heterocycles. The van der Waals surface area contributed by atoms with Crippen LogP contribution in [0.1, 0.15) is 54.1 Å². The van der Waals surface area contributed by atoms with E-state index < -0.39 is 16.1 Å². The molecule has 2 aromatic rings. The van der Waals surface area contributed by atoms with Crippen molar-refractivity contribution in [3.05, 3.63) is 28.0 Å². The number of amides is 1. The van der Waals surface area contributed by atoms with Crippen LogP contribution in [0.4, 0.5) is 0 Å². The first-order chi connectivity index (χ1) is 10.7. The van der Waals surface area contributed by atoms with Gasteiger partial charge in [0.15, 0.2) is 5.82 Å². The number of thiophene rings is 1. The number of aromatic nitrogens is 2. The fourth-order valence-corrected chi connectivity index (χ4v) is 4.13. The lowest BCUT2D eigenvalue weighted by atomic mass is 10.2. The second kappa shape index (κ2) is 6.77. The third kappa shape index (κ3) is 3.95. The van der Waals surface area contributed by atoms with E-state index in [4.69, 9.17) is 4.52 Å². The monoisotopic (exact) mass is 358 g/mol. The van der Waals surface area contributed by atoms with Gasteiger partial charge < -0.3 is 9.84 Å². The Balaban J connectivity index is 2.16. The lowest BCUT2D eigenvalue weighted by Gasteiger charge is -2.09. The molecule has 2 rings (SSSR count). The Morgan fingerprint density at radius 1 is 1.35 bits per heavy atom. The lowest BCUT2D eigenvalue weighted by molar-refractivity contribution is 0.0967. The van der Waals surface area contributed by atoms with E-state index in [0.717, 1.165) is 11.3 Å². The van der Waals surface area contributed by atoms with E-state index in [1.54, 1.807) is 6.92 Å². The zero-order chi connectivity index (χ0) is 17.2. The van der Waals surface area contributed by atoms with Crippen LogP contribution in [0.3, 0.4) is 0 Å². The number of nitrogens with zero attached hydrogens (tertiary/aromatic N) is 2. The summed E-state index contributed by atoms with van der Waals surface area (Å²) in [4.78, 5) is 16.0. The highest BCUT2D eigenvalue weighted by molar-refractivity contribution is 7.89. The molecule has 0 aliphatic carbocycles. The van der Waals surface area contributed by atoms with Crippen LogP contribution in [0.2, 0.25) is 0 Å².